The van der Waals surface area contributed by atoms with Gasteiger partial charge in [0.2, 0.25) is 0 Å². The summed E-state index contributed by atoms with van der Waals surface area (Å²) in [5, 5.41) is 2.84. The van der Waals surface area contributed by atoms with Crippen LogP contribution < -0.4 is 0 Å². The normalized spacial score (nSPS) is 19.0. The summed E-state index contributed by atoms with van der Waals surface area (Å²) in [6.45, 7) is 4.79. The van der Waals surface area contributed by atoms with Gasteiger partial charge in [-0.25, -0.2) is 0 Å². The van der Waals surface area contributed by atoms with Crippen molar-refractivity contribution in [3.8, 4) is 0 Å². The van der Waals surface area contributed by atoms with E-state index in [1.807, 2.05) is 0 Å². The third-order valence-electron chi connectivity index (χ3n) is 2.13. The van der Waals surface area contributed by atoms with Gasteiger partial charge in [-0.3, -0.25) is 0 Å². The van der Waals surface area contributed by atoms with Gasteiger partial charge in [0, 0.05) is 0 Å². The van der Waals surface area contributed by atoms with Crippen LogP contribution in [-0.4, -0.2) is 6.54 Å². The zero-order chi connectivity index (χ0) is 7.56. The molecule has 2 heteroatoms. The van der Waals surface area contributed by atoms with Gasteiger partial charge < -0.3 is 0 Å². The average molecular weight is 139 g/mol. The van der Waals surface area contributed by atoms with Crippen LogP contribution in [-0.2, 0) is 0 Å². The molecule has 0 N–H and O–H groups in total. The summed E-state index contributed by atoms with van der Waals surface area (Å²) >= 11 is 0. The van der Waals surface area contributed by atoms with Gasteiger partial charge in [-0.2, -0.15) is 4.91 Å². The Kier molecular flexibility index (Phi) is 2.20. The molecule has 1 aliphatic carbocycles. The van der Waals surface area contributed by atoms with Crippen molar-refractivity contribution < 1.29 is 0 Å². The van der Waals surface area contributed by atoms with Crippen molar-refractivity contribution in [2.24, 2.45) is 11.1 Å². The highest BCUT2D eigenvalue weighted by Gasteiger charge is 2.21. The summed E-state index contributed by atoms with van der Waals surface area (Å²) in [4.78, 5) is 9.77. The molecule has 0 spiro atoms. The van der Waals surface area contributed by atoms with E-state index in [1.54, 1.807) is 5.57 Å². The van der Waals surface area contributed by atoms with Gasteiger partial charge in [0.25, 0.3) is 0 Å². The summed E-state index contributed by atoms with van der Waals surface area (Å²) in [5.74, 6) is 0.595. The molecule has 0 radical (unpaired) electrons. The van der Waals surface area contributed by atoms with E-state index in [-0.39, 0.29) is 0 Å². The van der Waals surface area contributed by atoms with Crippen LogP contribution in [0, 0.1) is 10.8 Å². The Morgan fingerprint density at radius 2 is 2.30 bits per heavy atom. The second-order valence-electron chi connectivity index (χ2n) is 3.02. The zero-order valence-corrected chi connectivity index (χ0v) is 6.55. The molecular formula is C8H13NO. The Hall–Kier alpha value is -0.660. The predicted molar refractivity (Wildman–Crippen MR) is 41.8 cm³/mol. The molecule has 56 valence electrons. The fourth-order valence-corrected chi connectivity index (χ4v) is 1.26. The van der Waals surface area contributed by atoms with Gasteiger partial charge in [0.05, 0.1) is 6.54 Å². The van der Waals surface area contributed by atoms with Crippen molar-refractivity contribution in [1.29, 1.82) is 0 Å². The minimum atomic E-state index is 0.470. The molecule has 1 rings (SSSR count). The van der Waals surface area contributed by atoms with Crippen molar-refractivity contribution >= 4 is 0 Å². The molecule has 1 aliphatic rings. The lowest BCUT2D eigenvalue weighted by Gasteiger charge is -2.01. The first-order valence-corrected chi connectivity index (χ1v) is 3.73. The van der Waals surface area contributed by atoms with E-state index in [9.17, 15) is 4.91 Å². The first-order chi connectivity index (χ1) is 4.75. The van der Waals surface area contributed by atoms with Crippen LogP contribution in [0.3, 0.4) is 0 Å². The van der Waals surface area contributed by atoms with E-state index in [4.69, 9.17) is 0 Å². The molecule has 1 atom stereocenters. The van der Waals surface area contributed by atoms with Crippen molar-refractivity contribution in [3.63, 3.8) is 0 Å². The van der Waals surface area contributed by atoms with Gasteiger partial charge in [-0.05, 0) is 25.7 Å². The molecule has 0 aliphatic heterocycles. The van der Waals surface area contributed by atoms with Crippen molar-refractivity contribution in [3.05, 3.63) is 16.1 Å². The molecule has 10 heavy (non-hydrogen) atoms. The fraction of sp³-hybridized carbons (Fsp3) is 0.750. The highest BCUT2D eigenvalue weighted by Crippen LogP contribution is 2.37. The Balaban J connectivity index is 2.22. The number of allylic oxidation sites excluding steroid dienone is 2. The lowest BCUT2D eigenvalue weighted by atomic mass is 10.1. The third-order valence-corrected chi connectivity index (χ3v) is 2.13. The molecule has 0 bridgehead atoms. The molecule has 0 heterocycles. The second kappa shape index (κ2) is 2.95. The lowest BCUT2D eigenvalue weighted by molar-refractivity contribution is 0.636. The molecule has 0 fully saturated rings. The third kappa shape index (κ3) is 1.66. The van der Waals surface area contributed by atoms with Crippen LogP contribution in [0.15, 0.2) is 16.3 Å². The van der Waals surface area contributed by atoms with E-state index in [2.05, 4.69) is 19.0 Å². The Morgan fingerprint density at radius 1 is 1.70 bits per heavy atom. The standard InChI is InChI=1S/C8H13NO/c1-6(3-4-9-10)8-5-7(8)2/h6H,3-5H2,1-2H3. The molecular weight excluding hydrogens is 126 g/mol. The first kappa shape index (κ1) is 7.45. The average Bonchev–Trinajstić information content (AvgIpc) is 2.62. The molecule has 0 aromatic rings. The molecule has 0 amide bonds. The summed E-state index contributed by atoms with van der Waals surface area (Å²) in [6.07, 6.45) is 2.12. The van der Waals surface area contributed by atoms with Crippen LogP contribution in [0.2, 0.25) is 0 Å². The van der Waals surface area contributed by atoms with Gasteiger partial charge in [-0.15, -0.1) is 0 Å². The van der Waals surface area contributed by atoms with Gasteiger partial charge in [-0.1, -0.05) is 23.2 Å². The number of hydrogen-bond donors (Lipinski definition) is 0. The smallest absolute Gasteiger partial charge is 0.0816 e. The van der Waals surface area contributed by atoms with Crippen LogP contribution in [0.25, 0.3) is 0 Å². The Morgan fingerprint density at radius 3 is 2.70 bits per heavy atom. The lowest BCUT2D eigenvalue weighted by Crippen LogP contribution is -1.93. The van der Waals surface area contributed by atoms with Gasteiger partial charge in [0.1, 0.15) is 0 Å². The second-order valence-corrected chi connectivity index (χ2v) is 3.02. The highest BCUT2D eigenvalue weighted by molar-refractivity contribution is 5.34. The van der Waals surface area contributed by atoms with Crippen LogP contribution in [0.4, 0.5) is 0 Å². The molecule has 0 aromatic carbocycles. The maximum absolute atomic E-state index is 9.77. The van der Waals surface area contributed by atoms with Crippen LogP contribution in [0.1, 0.15) is 26.7 Å². The van der Waals surface area contributed by atoms with Crippen LogP contribution >= 0.6 is 0 Å². The van der Waals surface area contributed by atoms with Crippen molar-refractivity contribution in [1.82, 2.24) is 0 Å². The largest absolute Gasteiger partial charge is 0.151 e. The quantitative estimate of drug-likeness (QED) is 0.434. The summed E-state index contributed by atoms with van der Waals surface area (Å²) in [6, 6.07) is 0. The Bertz CT molecular complexity index is 172. The van der Waals surface area contributed by atoms with Crippen LogP contribution in [0.5, 0.6) is 0 Å². The predicted octanol–water partition coefficient (Wildman–Crippen LogP) is 2.50. The monoisotopic (exact) mass is 139 g/mol. The van der Waals surface area contributed by atoms with E-state index >= 15 is 0 Å². The highest BCUT2D eigenvalue weighted by atomic mass is 16.3. The van der Waals surface area contributed by atoms with E-state index < -0.39 is 0 Å². The molecule has 0 aromatic heterocycles. The van der Waals surface area contributed by atoms with E-state index in [0.717, 1.165) is 6.42 Å². The number of nitroso groups, excluding NO2 is 1. The number of hydrogen-bond acceptors (Lipinski definition) is 2. The summed E-state index contributed by atoms with van der Waals surface area (Å²) < 4.78 is 0. The number of nitrogens with zero attached hydrogens (tertiary/aromatic N) is 1. The maximum atomic E-state index is 9.77. The fourth-order valence-electron chi connectivity index (χ4n) is 1.26. The summed E-state index contributed by atoms with van der Waals surface area (Å²) in [7, 11) is 0. The molecule has 1 unspecified atom stereocenters. The zero-order valence-electron chi connectivity index (χ0n) is 6.55. The molecule has 2 nitrogen and oxygen atoms in total. The van der Waals surface area contributed by atoms with Gasteiger partial charge >= 0.3 is 0 Å². The van der Waals surface area contributed by atoms with E-state index in [1.165, 1.54) is 12.0 Å². The number of rotatable bonds is 4. The maximum Gasteiger partial charge on any atom is 0.0816 e. The van der Waals surface area contributed by atoms with Gasteiger partial charge in [0.15, 0.2) is 0 Å². The van der Waals surface area contributed by atoms with E-state index in [0.29, 0.717) is 12.5 Å². The molecule has 0 saturated carbocycles. The first-order valence-electron chi connectivity index (χ1n) is 3.73. The van der Waals surface area contributed by atoms with Crippen molar-refractivity contribution in [2.45, 2.75) is 26.7 Å². The summed E-state index contributed by atoms with van der Waals surface area (Å²) in [5.41, 5.74) is 3.06. The molecule has 0 saturated heterocycles. The minimum Gasteiger partial charge on any atom is -0.151 e. The minimum absolute atomic E-state index is 0.470. The SMILES string of the molecule is CC1=C(C(C)CCN=O)C1. The topological polar surface area (TPSA) is 29.4 Å². The Labute approximate surface area is 61.3 Å². The van der Waals surface area contributed by atoms with Crippen molar-refractivity contribution in [2.75, 3.05) is 6.54 Å².